The topological polar surface area (TPSA) is 49.8 Å². The van der Waals surface area contributed by atoms with Crippen LogP contribution in [-0.4, -0.2) is 46.8 Å². The number of aliphatic hydroxyl groups is 1. The van der Waals surface area contributed by atoms with Crippen LogP contribution in [0.15, 0.2) is 34.9 Å². The molecule has 1 spiro atoms. The molecule has 2 bridgehead atoms. The second kappa shape index (κ2) is 8.33. The number of fused-ring (bicyclic) bond motifs is 1. The van der Waals surface area contributed by atoms with Crippen LogP contribution in [0.25, 0.3) is 0 Å². The zero-order chi connectivity index (χ0) is 19.7. The molecule has 28 heavy (non-hydrogen) atoms. The molecule has 2 fully saturated rings. The third-order valence-electron chi connectivity index (χ3n) is 7.39. The SMILES string of the molecule is CC1/C=C\C(O)/C=C(/Cl)CCOC(=O)C2=CCC3CCCC4(CCCC14)N3C2. The van der Waals surface area contributed by atoms with Gasteiger partial charge >= 0.3 is 5.97 Å². The average Bonchev–Trinajstić information content (AvgIpc) is 3.09. The monoisotopic (exact) mass is 405 g/mol. The van der Waals surface area contributed by atoms with Crippen LogP contribution in [0.5, 0.6) is 0 Å². The molecule has 1 aliphatic carbocycles. The first-order valence-electron chi connectivity index (χ1n) is 10.8. The van der Waals surface area contributed by atoms with Crippen molar-refractivity contribution in [3.05, 3.63) is 34.9 Å². The molecule has 0 radical (unpaired) electrons. The summed E-state index contributed by atoms with van der Waals surface area (Å²) in [6.45, 7) is 3.24. The molecule has 5 unspecified atom stereocenters. The number of piperidine rings is 1. The van der Waals surface area contributed by atoms with E-state index >= 15 is 0 Å². The summed E-state index contributed by atoms with van der Waals surface area (Å²) in [6.07, 6.45) is 15.8. The summed E-state index contributed by atoms with van der Waals surface area (Å²) in [5.74, 6) is 0.730. The molecule has 3 heterocycles. The van der Waals surface area contributed by atoms with Gasteiger partial charge in [0.25, 0.3) is 0 Å². The van der Waals surface area contributed by atoms with Crippen molar-refractivity contribution in [2.45, 2.75) is 76.0 Å². The van der Waals surface area contributed by atoms with Crippen LogP contribution in [0.1, 0.15) is 58.3 Å². The molecule has 1 saturated heterocycles. The highest BCUT2D eigenvalue weighted by molar-refractivity contribution is 6.29. The number of nitrogens with zero attached hydrogens (tertiary/aromatic N) is 1. The highest BCUT2D eigenvalue weighted by Gasteiger charge is 2.52. The molecule has 3 aliphatic heterocycles. The van der Waals surface area contributed by atoms with E-state index in [-0.39, 0.29) is 18.1 Å². The summed E-state index contributed by atoms with van der Waals surface area (Å²) in [6, 6.07) is 0.541. The van der Waals surface area contributed by atoms with Crippen molar-refractivity contribution < 1.29 is 14.6 Å². The van der Waals surface area contributed by atoms with Crippen molar-refractivity contribution in [1.82, 2.24) is 4.90 Å². The third-order valence-corrected chi connectivity index (χ3v) is 7.70. The number of hydrogen-bond acceptors (Lipinski definition) is 4. The van der Waals surface area contributed by atoms with Crippen LogP contribution < -0.4 is 0 Å². The number of esters is 1. The molecule has 5 heteroatoms. The number of aliphatic hydroxyl groups excluding tert-OH is 1. The van der Waals surface area contributed by atoms with Crippen LogP contribution in [0, 0.1) is 11.8 Å². The van der Waals surface area contributed by atoms with Crippen LogP contribution >= 0.6 is 11.6 Å². The number of rotatable bonds is 0. The van der Waals surface area contributed by atoms with E-state index in [1.165, 1.54) is 38.5 Å². The Morgan fingerprint density at radius 1 is 1.25 bits per heavy atom. The maximum Gasteiger partial charge on any atom is 0.335 e. The van der Waals surface area contributed by atoms with Gasteiger partial charge in [-0.1, -0.05) is 49.6 Å². The van der Waals surface area contributed by atoms with E-state index in [1.54, 1.807) is 6.08 Å². The lowest BCUT2D eigenvalue weighted by molar-refractivity contribution is -0.140. The Morgan fingerprint density at radius 2 is 2.04 bits per heavy atom. The predicted octanol–water partition coefficient (Wildman–Crippen LogP) is 4.33. The minimum Gasteiger partial charge on any atom is -0.462 e. The van der Waals surface area contributed by atoms with Gasteiger partial charge in [-0.2, -0.15) is 0 Å². The minimum absolute atomic E-state index is 0.172. The number of carbonyl (C=O) groups excluding carboxylic acids is 1. The van der Waals surface area contributed by atoms with Gasteiger partial charge in [0.1, 0.15) is 0 Å². The lowest BCUT2D eigenvalue weighted by Gasteiger charge is -2.55. The Morgan fingerprint density at radius 3 is 2.86 bits per heavy atom. The maximum atomic E-state index is 12.7. The zero-order valence-electron chi connectivity index (χ0n) is 16.8. The van der Waals surface area contributed by atoms with Crippen molar-refractivity contribution in [3.63, 3.8) is 0 Å². The fourth-order valence-electron chi connectivity index (χ4n) is 6.10. The van der Waals surface area contributed by atoms with Crippen molar-refractivity contribution >= 4 is 17.6 Å². The third kappa shape index (κ3) is 3.83. The Hall–Kier alpha value is -1.10. The fourth-order valence-corrected chi connectivity index (χ4v) is 6.30. The van der Waals surface area contributed by atoms with Crippen LogP contribution in [0.3, 0.4) is 0 Å². The van der Waals surface area contributed by atoms with Crippen LogP contribution in [0.4, 0.5) is 0 Å². The largest absolute Gasteiger partial charge is 0.462 e. The van der Waals surface area contributed by atoms with Gasteiger partial charge in [0.05, 0.1) is 12.7 Å². The average molecular weight is 406 g/mol. The summed E-state index contributed by atoms with van der Waals surface area (Å²) < 4.78 is 5.50. The Bertz CT molecular complexity index is 700. The van der Waals surface area contributed by atoms with E-state index in [0.717, 1.165) is 12.0 Å². The number of ether oxygens (including phenoxy) is 1. The molecule has 1 N–H and O–H groups in total. The molecule has 5 atom stereocenters. The number of cyclic esters (lactones) is 1. The normalized spacial score (nSPS) is 42.9. The number of allylic oxidation sites excluding steroid dienone is 1. The highest BCUT2D eigenvalue weighted by atomic mass is 35.5. The van der Waals surface area contributed by atoms with Gasteiger partial charge in [-0.25, -0.2) is 4.79 Å². The van der Waals surface area contributed by atoms with Gasteiger partial charge in [-0.3, -0.25) is 4.90 Å². The molecule has 0 amide bonds. The molecule has 0 aromatic heterocycles. The van der Waals surface area contributed by atoms with E-state index in [4.69, 9.17) is 16.3 Å². The van der Waals surface area contributed by atoms with E-state index < -0.39 is 6.10 Å². The van der Waals surface area contributed by atoms with Gasteiger partial charge in [0, 0.05) is 35.2 Å². The molecule has 4 nitrogen and oxygen atoms in total. The van der Waals surface area contributed by atoms with Crippen LogP contribution in [0.2, 0.25) is 0 Å². The van der Waals surface area contributed by atoms with Crippen molar-refractivity contribution in [1.29, 1.82) is 0 Å². The van der Waals surface area contributed by atoms with Gasteiger partial charge in [0.15, 0.2) is 0 Å². The molecule has 1 saturated carbocycles. The standard InChI is InChI=1S/C23H32ClNO3/c1-16-6-9-20(26)14-18(24)10-13-28-22(27)17-7-8-19-4-2-11-23(25(19)15-17)12-3-5-21(16)23/h6-7,9,14,16,19-21,26H,2-5,8,10-13,15H2,1H3/b9-6-,18-14+. The van der Waals surface area contributed by atoms with Crippen molar-refractivity contribution in [2.24, 2.45) is 11.8 Å². The second-order valence-electron chi connectivity index (χ2n) is 8.98. The Balaban J connectivity index is 1.69. The van der Waals surface area contributed by atoms with Crippen LogP contribution in [-0.2, 0) is 9.53 Å². The molecular weight excluding hydrogens is 374 g/mol. The maximum absolute atomic E-state index is 12.7. The Kier molecular flexibility index (Phi) is 6.01. The first kappa shape index (κ1) is 20.2. The Labute approximate surface area is 173 Å². The van der Waals surface area contributed by atoms with E-state index in [2.05, 4.69) is 24.0 Å². The summed E-state index contributed by atoms with van der Waals surface area (Å²) in [4.78, 5) is 15.3. The quantitative estimate of drug-likeness (QED) is 0.481. The summed E-state index contributed by atoms with van der Waals surface area (Å²) >= 11 is 6.22. The molecule has 0 aromatic carbocycles. The molecular formula is C23H32ClNO3. The second-order valence-corrected chi connectivity index (χ2v) is 9.46. The lowest BCUT2D eigenvalue weighted by Crippen LogP contribution is -2.61. The van der Waals surface area contributed by atoms with E-state index in [9.17, 15) is 9.90 Å². The summed E-state index contributed by atoms with van der Waals surface area (Å²) in [5, 5.41) is 10.8. The van der Waals surface area contributed by atoms with Gasteiger partial charge in [-0.05, 0) is 50.0 Å². The van der Waals surface area contributed by atoms with Crippen molar-refractivity contribution in [2.75, 3.05) is 13.2 Å². The molecule has 154 valence electrons. The number of halogens is 1. The van der Waals surface area contributed by atoms with Gasteiger partial charge < -0.3 is 9.84 Å². The first-order chi connectivity index (χ1) is 13.5. The summed E-state index contributed by atoms with van der Waals surface area (Å²) in [5.41, 5.74) is 0.979. The minimum atomic E-state index is -0.700. The number of hydrogen-bond donors (Lipinski definition) is 1. The van der Waals surface area contributed by atoms with Crippen molar-refractivity contribution in [3.8, 4) is 0 Å². The highest BCUT2D eigenvalue weighted by Crippen LogP contribution is 2.52. The van der Waals surface area contributed by atoms with E-state index in [1.807, 2.05) is 6.08 Å². The first-order valence-corrected chi connectivity index (χ1v) is 11.2. The smallest absolute Gasteiger partial charge is 0.335 e. The number of carbonyl (C=O) groups is 1. The van der Waals surface area contributed by atoms with Gasteiger partial charge in [-0.15, -0.1) is 0 Å². The van der Waals surface area contributed by atoms with E-state index in [0.29, 0.717) is 35.9 Å². The fraction of sp³-hybridized carbons (Fsp3) is 0.696. The summed E-state index contributed by atoms with van der Waals surface area (Å²) in [7, 11) is 0. The molecule has 0 aromatic rings. The predicted molar refractivity (Wildman–Crippen MR) is 111 cm³/mol. The van der Waals surface area contributed by atoms with Gasteiger partial charge in [0.2, 0.25) is 0 Å². The molecule has 4 rings (SSSR count). The lowest BCUT2D eigenvalue weighted by atomic mass is 9.70. The molecule has 4 aliphatic rings. The zero-order valence-corrected chi connectivity index (χ0v) is 17.5.